The molecule has 0 aromatic carbocycles. The lowest BCUT2D eigenvalue weighted by molar-refractivity contribution is -0.222. The number of amides is 1. The van der Waals surface area contributed by atoms with Gasteiger partial charge in [0.05, 0.1) is 13.0 Å². The van der Waals surface area contributed by atoms with Crippen LogP contribution in [0.3, 0.4) is 0 Å². The molecule has 0 aliphatic carbocycles. The Morgan fingerprint density at radius 3 is 2.05 bits per heavy atom. The number of carboxylic acids is 1. The van der Waals surface area contributed by atoms with Gasteiger partial charge in [0.25, 0.3) is 0 Å². The maximum absolute atomic E-state index is 11.1. The van der Waals surface area contributed by atoms with Gasteiger partial charge in [0.2, 0.25) is 5.91 Å². The molecular weight excluding hydrogens is 290 g/mol. The summed E-state index contributed by atoms with van der Waals surface area (Å²) in [6, 6.07) is -1.87. The maximum atomic E-state index is 11.1. The zero-order valence-electron chi connectivity index (χ0n) is 11.4. The minimum atomic E-state index is -2.85. The minimum absolute atomic E-state index is 0.672. The van der Waals surface area contributed by atoms with Gasteiger partial charge in [-0.2, -0.15) is 0 Å². The zero-order valence-corrected chi connectivity index (χ0v) is 11.4. The summed E-state index contributed by atoms with van der Waals surface area (Å²) in [5.41, 5.74) is 0. The van der Waals surface area contributed by atoms with E-state index in [1.54, 1.807) is 0 Å². The van der Waals surface area contributed by atoms with E-state index in [0.29, 0.717) is 0 Å². The Bertz CT molecular complexity index is 360. The Labute approximate surface area is 120 Å². The Morgan fingerprint density at radius 2 is 1.67 bits per heavy atom. The van der Waals surface area contributed by atoms with Crippen molar-refractivity contribution in [2.75, 3.05) is 6.61 Å². The number of nitrogens with one attached hydrogen (secondary N) is 1. The monoisotopic (exact) mass is 311 g/mol. The van der Waals surface area contributed by atoms with E-state index in [0.717, 1.165) is 6.92 Å². The summed E-state index contributed by atoms with van der Waals surface area (Å²) in [4.78, 5) is 21.5. The number of carbonyl (C=O) groups is 2. The molecule has 0 aromatic rings. The van der Waals surface area contributed by atoms with E-state index < -0.39 is 61.5 Å². The average molecular weight is 311 g/mol. The Hall–Kier alpha value is -1.30. The highest BCUT2D eigenvalue weighted by Crippen LogP contribution is 2.20. The molecule has 8 N–H and O–H groups in total. The fraction of sp³-hybridized carbons (Fsp3) is 0.818. The van der Waals surface area contributed by atoms with Gasteiger partial charge < -0.3 is 41.1 Å². The minimum Gasteiger partial charge on any atom is -0.481 e. The first kappa shape index (κ1) is 19.7. The van der Waals surface area contributed by atoms with Gasteiger partial charge in [0, 0.05) is 13.3 Å². The molecule has 0 aliphatic heterocycles. The van der Waals surface area contributed by atoms with Crippen LogP contribution in [0.25, 0.3) is 0 Å². The predicted molar refractivity (Wildman–Crippen MR) is 66.7 cm³/mol. The lowest BCUT2D eigenvalue weighted by Crippen LogP contribution is -2.63. The quantitative estimate of drug-likeness (QED) is 0.197. The van der Waals surface area contributed by atoms with Crippen LogP contribution in [0.2, 0.25) is 0 Å². The van der Waals surface area contributed by atoms with Crippen LogP contribution in [-0.4, -0.2) is 84.4 Å². The number of aliphatic hydroxyl groups is 6. The van der Waals surface area contributed by atoms with E-state index in [1.807, 2.05) is 5.32 Å². The molecule has 1 amide bonds. The molecule has 0 radical (unpaired) electrons. The number of hydrogen-bond acceptors (Lipinski definition) is 8. The van der Waals surface area contributed by atoms with E-state index in [1.165, 1.54) is 0 Å². The molecule has 4 atom stereocenters. The summed E-state index contributed by atoms with van der Waals surface area (Å²) in [5.74, 6) is -4.97. The Morgan fingerprint density at radius 1 is 1.14 bits per heavy atom. The molecule has 124 valence electrons. The molecule has 21 heavy (non-hydrogen) atoms. The first-order valence-corrected chi connectivity index (χ1v) is 6.11. The number of hydrogen-bond donors (Lipinski definition) is 8. The second-order valence-corrected chi connectivity index (χ2v) is 4.68. The summed E-state index contributed by atoms with van der Waals surface area (Å²) in [5, 5.41) is 67.4. The fourth-order valence-electron chi connectivity index (χ4n) is 1.67. The maximum Gasteiger partial charge on any atom is 0.303 e. The SMILES string of the molecule is CC(=O)N[C@@H]([C@@H](O)[C@H](O)[C@H](O)CO)C(O)(O)CCC(=O)O. The first-order chi connectivity index (χ1) is 9.52. The van der Waals surface area contributed by atoms with Crippen molar-refractivity contribution in [3.05, 3.63) is 0 Å². The van der Waals surface area contributed by atoms with Crippen molar-refractivity contribution in [1.29, 1.82) is 0 Å². The lowest BCUT2D eigenvalue weighted by atomic mass is 9.91. The van der Waals surface area contributed by atoms with Crippen LogP contribution in [0.1, 0.15) is 19.8 Å². The fourth-order valence-corrected chi connectivity index (χ4v) is 1.67. The van der Waals surface area contributed by atoms with Crippen molar-refractivity contribution < 1.29 is 45.3 Å². The van der Waals surface area contributed by atoms with E-state index in [2.05, 4.69) is 0 Å². The van der Waals surface area contributed by atoms with Crippen LogP contribution < -0.4 is 5.32 Å². The third kappa shape index (κ3) is 6.33. The molecule has 0 bridgehead atoms. The molecule has 0 aromatic heterocycles. The molecular formula is C11H21NO9. The molecule has 0 heterocycles. The number of carbonyl (C=O) groups excluding carboxylic acids is 1. The zero-order chi connectivity index (χ0) is 16.8. The first-order valence-electron chi connectivity index (χ1n) is 6.11. The van der Waals surface area contributed by atoms with Crippen molar-refractivity contribution in [3.63, 3.8) is 0 Å². The largest absolute Gasteiger partial charge is 0.481 e. The van der Waals surface area contributed by atoms with Gasteiger partial charge in [-0.15, -0.1) is 0 Å². The summed E-state index contributed by atoms with van der Waals surface area (Å²) < 4.78 is 0. The second-order valence-electron chi connectivity index (χ2n) is 4.68. The smallest absolute Gasteiger partial charge is 0.303 e. The molecule has 0 unspecified atom stereocenters. The van der Waals surface area contributed by atoms with Crippen molar-refractivity contribution in [2.24, 2.45) is 0 Å². The van der Waals surface area contributed by atoms with Gasteiger partial charge in [0.1, 0.15) is 24.4 Å². The highest BCUT2D eigenvalue weighted by atomic mass is 16.5. The highest BCUT2D eigenvalue weighted by molar-refractivity contribution is 5.73. The van der Waals surface area contributed by atoms with Gasteiger partial charge in [0.15, 0.2) is 5.79 Å². The molecule has 10 heteroatoms. The third-order valence-corrected chi connectivity index (χ3v) is 2.84. The van der Waals surface area contributed by atoms with Crippen molar-refractivity contribution in [3.8, 4) is 0 Å². The van der Waals surface area contributed by atoms with Gasteiger partial charge >= 0.3 is 5.97 Å². The Kier molecular flexibility index (Phi) is 7.71. The molecule has 10 nitrogen and oxygen atoms in total. The normalized spacial score (nSPS) is 17.7. The van der Waals surface area contributed by atoms with E-state index in [-0.39, 0.29) is 0 Å². The van der Waals surface area contributed by atoms with Crippen molar-refractivity contribution >= 4 is 11.9 Å². The van der Waals surface area contributed by atoms with E-state index in [9.17, 15) is 35.1 Å². The number of rotatable bonds is 9. The summed E-state index contributed by atoms with van der Waals surface area (Å²) in [6.07, 6.45) is -7.25. The predicted octanol–water partition coefficient (Wildman–Crippen LogP) is -3.89. The summed E-state index contributed by atoms with van der Waals surface area (Å²) >= 11 is 0. The summed E-state index contributed by atoms with van der Waals surface area (Å²) in [7, 11) is 0. The Balaban J connectivity index is 5.16. The van der Waals surface area contributed by atoms with Gasteiger partial charge in [-0.1, -0.05) is 0 Å². The van der Waals surface area contributed by atoms with E-state index in [4.69, 9.17) is 10.2 Å². The van der Waals surface area contributed by atoms with Crippen LogP contribution in [0.15, 0.2) is 0 Å². The molecule has 0 saturated heterocycles. The third-order valence-electron chi connectivity index (χ3n) is 2.84. The highest BCUT2D eigenvalue weighted by Gasteiger charge is 2.44. The van der Waals surface area contributed by atoms with Gasteiger partial charge in [-0.3, -0.25) is 9.59 Å². The molecule has 0 saturated carbocycles. The van der Waals surface area contributed by atoms with Crippen molar-refractivity contribution in [2.45, 2.75) is 49.9 Å². The molecule has 0 fully saturated rings. The van der Waals surface area contributed by atoms with Crippen LogP contribution in [0.4, 0.5) is 0 Å². The summed E-state index contributed by atoms with van der Waals surface area (Å²) in [6.45, 7) is 0.0891. The van der Waals surface area contributed by atoms with E-state index >= 15 is 0 Å². The second kappa shape index (κ2) is 8.22. The molecule has 0 rings (SSSR count). The van der Waals surface area contributed by atoms with Crippen molar-refractivity contribution in [1.82, 2.24) is 5.32 Å². The number of aliphatic hydroxyl groups excluding tert-OH is 4. The average Bonchev–Trinajstić information content (AvgIpc) is 2.39. The van der Waals surface area contributed by atoms with Gasteiger partial charge in [-0.05, 0) is 0 Å². The molecule has 0 aliphatic rings. The van der Waals surface area contributed by atoms with Crippen LogP contribution >= 0.6 is 0 Å². The van der Waals surface area contributed by atoms with Crippen LogP contribution in [-0.2, 0) is 9.59 Å². The standard InChI is InChI=1S/C11H21NO9/c1-5(14)12-10(9(19)8(18)6(15)4-13)11(20,21)3-2-7(16)17/h6,8-10,13,15,18-21H,2-4H2,1H3,(H,12,14)(H,16,17)/t6-,8-,9+,10+/m1/s1. The lowest BCUT2D eigenvalue weighted by Gasteiger charge is -2.37. The topological polar surface area (TPSA) is 188 Å². The number of aliphatic carboxylic acids is 1. The molecule has 0 spiro atoms. The van der Waals surface area contributed by atoms with Crippen LogP contribution in [0.5, 0.6) is 0 Å². The van der Waals surface area contributed by atoms with Crippen LogP contribution in [0, 0.1) is 0 Å². The van der Waals surface area contributed by atoms with Gasteiger partial charge in [-0.25, -0.2) is 0 Å². The number of carboxylic acid groups (broad SMARTS) is 1.